The Balaban J connectivity index is 1.72. The summed E-state index contributed by atoms with van der Waals surface area (Å²) in [5.41, 5.74) is 0.330. The van der Waals surface area contributed by atoms with Crippen molar-refractivity contribution in [2.24, 2.45) is 0 Å². The van der Waals surface area contributed by atoms with Crippen molar-refractivity contribution in [3.8, 4) is 0 Å². The molecular formula is C20H20Cl2N2O6S. The third kappa shape index (κ3) is 5.75. The number of nitrogens with one attached hydrogen (secondary N) is 1. The quantitative estimate of drug-likeness (QED) is 0.628. The minimum absolute atomic E-state index is 0.0104. The number of nitrogens with zero attached hydrogens (tertiary/aromatic N) is 1. The van der Waals surface area contributed by atoms with E-state index in [1.54, 1.807) is 24.3 Å². The van der Waals surface area contributed by atoms with Gasteiger partial charge < -0.3 is 14.8 Å². The molecule has 166 valence electrons. The summed E-state index contributed by atoms with van der Waals surface area (Å²) in [5, 5.41) is 3.12. The summed E-state index contributed by atoms with van der Waals surface area (Å²) in [6.45, 7) is 2.41. The molecule has 0 spiro atoms. The highest BCUT2D eigenvalue weighted by atomic mass is 35.5. The third-order valence-corrected chi connectivity index (χ3v) is 7.01. The second-order valence-corrected chi connectivity index (χ2v) is 9.48. The van der Waals surface area contributed by atoms with E-state index in [9.17, 15) is 18.0 Å². The van der Waals surface area contributed by atoms with E-state index in [0.29, 0.717) is 23.9 Å². The van der Waals surface area contributed by atoms with Gasteiger partial charge in [-0.2, -0.15) is 4.31 Å². The Morgan fingerprint density at radius 2 is 1.74 bits per heavy atom. The van der Waals surface area contributed by atoms with E-state index < -0.39 is 28.0 Å². The van der Waals surface area contributed by atoms with E-state index in [1.165, 1.54) is 23.4 Å². The number of rotatable bonds is 6. The van der Waals surface area contributed by atoms with E-state index in [2.05, 4.69) is 5.32 Å². The third-order valence-electron chi connectivity index (χ3n) is 4.53. The summed E-state index contributed by atoms with van der Waals surface area (Å²) in [6, 6.07) is 10.2. The number of amides is 1. The Hall–Kier alpha value is -2.17. The van der Waals surface area contributed by atoms with Gasteiger partial charge in [-0.15, -0.1) is 0 Å². The Kier molecular flexibility index (Phi) is 7.55. The largest absolute Gasteiger partial charge is 0.449 e. The summed E-state index contributed by atoms with van der Waals surface area (Å²) < 4.78 is 37.3. The molecular weight excluding hydrogens is 467 g/mol. The van der Waals surface area contributed by atoms with Gasteiger partial charge in [0.2, 0.25) is 10.0 Å². The van der Waals surface area contributed by atoms with Crippen LogP contribution in [0.1, 0.15) is 17.3 Å². The standard InChI is InChI=1S/C20H20Cl2N2O6S/c1-13(19(25)23-15-4-2-14(21)3-5-15)30-20(26)17-12-16(6-7-18(17)22)31(27,28)24-8-10-29-11-9-24/h2-7,12-13H,8-11H2,1H3,(H,23,25). The molecule has 0 radical (unpaired) electrons. The average Bonchev–Trinajstić information content (AvgIpc) is 2.76. The highest BCUT2D eigenvalue weighted by Gasteiger charge is 2.28. The second kappa shape index (κ2) is 9.97. The van der Waals surface area contributed by atoms with Crippen LogP contribution in [-0.4, -0.2) is 57.0 Å². The number of morpholine rings is 1. The molecule has 1 amide bonds. The van der Waals surface area contributed by atoms with Gasteiger partial charge in [-0.25, -0.2) is 13.2 Å². The zero-order valence-corrected chi connectivity index (χ0v) is 18.8. The summed E-state index contributed by atoms with van der Waals surface area (Å²) in [7, 11) is -3.83. The molecule has 0 bridgehead atoms. The molecule has 0 aromatic heterocycles. The van der Waals surface area contributed by atoms with Crippen LogP contribution in [0, 0.1) is 0 Å². The molecule has 3 rings (SSSR count). The number of esters is 1. The predicted molar refractivity (Wildman–Crippen MR) is 116 cm³/mol. The van der Waals surface area contributed by atoms with Gasteiger partial charge in [-0.3, -0.25) is 4.79 Å². The van der Waals surface area contributed by atoms with E-state index in [0.717, 1.165) is 6.07 Å². The van der Waals surface area contributed by atoms with Crippen molar-refractivity contribution in [1.29, 1.82) is 0 Å². The molecule has 2 aromatic carbocycles. The van der Waals surface area contributed by atoms with Crippen molar-refractivity contribution >= 4 is 50.8 Å². The van der Waals surface area contributed by atoms with Crippen LogP contribution in [0.15, 0.2) is 47.4 Å². The van der Waals surface area contributed by atoms with Crippen LogP contribution >= 0.6 is 23.2 Å². The fourth-order valence-electron chi connectivity index (χ4n) is 2.81. The maximum absolute atomic E-state index is 12.8. The Bertz CT molecular complexity index is 1070. The van der Waals surface area contributed by atoms with Gasteiger partial charge in [0.1, 0.15) is 0 Å². The van der Waals surface area contributed by atoms with Gasteiger partial charge in [0, 0.05) is 23.8 Å². The molecule has 0 aliphatic carbocycles. The van der Waals surface area contributed by atoms with Gasteiger partial charge in [0.25, 0.3) is 5.91 Å². The number of ether oxygens (including phenoxy) is 2. The Labute approximate surface area is 190 Å². The van der Waals surface area contributed by atoms with Crippen molar-refractivity contribution in [3.05, 3.63) is 58.1 Å². The molecule has 1 aliphatic heterocycles. The fourth-order valence-corrected chi connectivity index (χ4v) is 4.57. The van der Waals surface area contributed by atoms with E-state index in [1.807, 2.05) is 0 Å². The minimum Gasteiger partial charge on any atom is -0.449 e. The Morgan fingerprint density at radius 1 is 1.10 bits per heavy atom. The number of benzene rings is 2. The van der Waals surface area contributed by atoms with Crippen molar-refractivity contribution in [1.82, 2.24) is 4.31 Å². The number of hydrogen-bond acceptors (Lipinski definition) is 6. The molecule has 1 saturated heterocycles. The van der Waals surface area contributed by atoms with Crippen LogP contribution in [0.3, 0.4) is 0 Å². The number of carbonyl (C=O) groups is 2. The molecule has 31 heavy (non-hydrogen) atoms. The second-order valence-electron chi connectivity index (χ2n) is 6.70. The van der Waals surface area contributed by atoms with Gasteiger partial charge in [-0.1, -0.05) is 23.2 Å². The lowest BCUT2D eigenvalue weighted by Gasteiger charge is -2.26. The minimum atomic E-state index is -3.83. The lowest BCUT2D eigenvalue weighted by molar-refractivity contribution is -0.123. The van der Waals surface area contributed by atoms with Crippen molar-refractivity contribution in [2.45, 2.75) is 17.9 Å². The fraction of sp³-hybridized carbons (Fsp3) is 0.300. The molecule has 1 N–H and O–H groups in total. The maximum atomic E-state index is 12.8. The van der Waals surface area contributed by atoms with Crippen LogP contribution < -0.4 is 5.32 Å². The molecule has 1 atom stereocenters. The van der Waals surface area contributed by atoms with Crippen LogP contribution in [-0.2, 0) is 24.3 Å². The van der Waals surface area contributed by atoms with Crippen molar-refractivity contribution in [2.75, 3.05) is 31.6 Å². The van der Waals surface area contributed by atoms with Crippen molar-refractivity contribution in [3.63, 3.8) is 0 Å². The molecule has 0 saturated carbocycles. The van der Waals surface area contributed by atoms with E-state index >= 15 is 0 Å². The summed E-state index contributed by atoms with van der Waals surface area (Å²) in [5.74, 6) is -1.48. The number of anilines is 1. The molecule has 8 nitrogen and oxygen atoms in total. The van der Waals surface area contributed by atoms with Gasteiger partial charge in [0.05, 0.1) is 28.7 Å². The first-order chi connectivity index (χ1) is 14.7. The molecule has 1 fully saturated rings. The topological polar surface area (TPSA) is 102 Å². The average molecular weight is 487 g/mol. The predicted octanol–water partition coefficient (Wildman–Crippen LogP) is 3.20. The van der Waals surface area contributed by atoms with Gasteiger partial charge in [-0.05, 0) is 49.4 Å². The first kappa shape index (κ1) is 23.5. The molecule has 2 aromatic rings. The highest BCUT2D eigenvalue weighted by Crippen LogP contribution is 2.25. The zero-order valence-electron chi connectivity index (χ0n) is 16.5. The normalized spacial score (nSPS) is 15.8. The van der Waals surface area contributed by atoms with Gasteiger partial charge >= 0.3 is 5.97 Å². The van der Waals surface area contributed by atoms with Crippen LogP contribution in [0.5, 0.6) is 0 Å². The first-order valence-electron chi connectivity index (χ1n) is 9.33. The lowest BCUT2D eigenvalue weighted by atomic mass is 10.2. The number of carbonyl (C=O) groups excluding carboxylic acids is 2. The monoisotopic (exact) mass is 486 g/mol. The molecule has 1 aliphatic rings. The molecule has 11 heteroatoms. The SMILES string of the molecule is CC(OC(=O)c1cc(S(=O)(=O)N2CCOCC2)ccc1Cl)C(=O)Nc1ccc(Cl)cc1. The smallest absolute Gasteiger partial charge is 0.340 e. The van der Waals surface area contributed by atoms with Crippen LogP contribution in [0.25, 0.3) is 0 Å². The zero-order chi connectivity index (χ0) is 22.6. The lowest BCUT2D eigenvalue weighted by Crippen LogP contribution is -2.40. The van der Waals surface area contributed by atoms with E-state index in [-0.39, 0.29) is 28.6 Å². The van der Waals surface area contributed by atoms with Crippen LogP contribution in [0.4, 0.5) is 5.69 Å². The number of hydrogen-bond donors (Lipinski definition) is 1. The molecule has 1 unspecified atom stereocenters. The summed E-state index contributed by atoms with van der Waals surface area (Å²) >= 11 is 11.9. The van der Waals surface area contributed by atoms with Crippen molar-refractivity contribution < 1.29 is 27.5 Å². The van der Waals surface area contributed by atoms with Crippen LogP contribution in [0.2, 0.25) is 10.0 Å². The van der Waals surface area contributed by atoms with E-state index in [4.69, 9.17) is 32.7 Å². The Morgan fingerprint density at radius 3 is 2.39 bits per heavy atom. The summed E-state index contributed by atoms with van der Waals surface area (Å²) in [6.07, 6.45) is -1.15. The highest BCUT2D eigenvalue weighted by molar-refractivity contribution is 7.89. The van der Waals surface area contributed by atoms with Gasteiger partial charge in [0.15, 0.2) is 6.10 Å². The number of sulfonamides is 1. The number of halogens is 2. The maximum Gasteiger partial charge on any atom is 0.340 e. The summed E-state index contributed by atoms with van der Waals surface area (Å²) in [4.78, 5) is 24.8. The first-order valence-corrected chi connectivity index (χ1v) is 11.5. The molecule has 1 heterocycles.